The molecule has 0 saturated carbocycles. The van der Waals surface area contributed by atoms with Gasteiger partial charge < -0.3 is 10.0 Å². The molecule has 25 heavy (non-hydrogen) atoms. The smallest absolute Gasteiger partial charge is 0.134 e. The zero-order valence-corrected chi connectivity index (χ0v) is 14.7. The summed E-state index contributed by atoms with van der Waals surface area (Å²) < 4.78 is 0. The van der Waals surface area contributed by atoms with E-state index < -0.39 is 0 Å². The maximum absolute atomic E-state index is 9.42. The SMILES string of the molecule is Oc1ccc(N2CCN(Cc3cc4ccccc4nc3Cl)CC2)cc1. The Balaban J connectivity index is 1.43. The maximum Gasteiger partial charge on any atom is 0.134 e. The fourth-order valence-corrected chi connectivity index (χ4v) is 3.52. The Labute approximate surface area is 152 Å². The van der Waals surface area contributed by atoms with Gasteiger partial charge in [0.15, 0.2) is 0 Å². The molecular weight excluding hydrogens is 334 g/mol. The van der Waals surface area contributed by atoms with Crippen LogP contribution in [0.15, 0.2) is 54.6 Å². The Morgan fingerprint density at radius 3 is 2.44 bits per heavy atom. The van der Waals surface area contributed by atoms with E-state index in [-0.39, 0.29) is 0 Å². The molecule has 2 heterocycles. The van der Waals surface area contributed by atoms with Gasteiger partial charge >= 0.3 is 0 Å². The van der Waals surface area contributed by atoms with Gasteiger partial charge in [0, 0.05) is 49.4 Å². The van der Waals surface area contributed by atoms with Gasteiger partial charge in [-0.3, -0.25) is 4.90 Å². The first-order chi connectivity index (χ1) is 12.2. The van der Waals surface area contributed by atoms with Crippen molar-refractivity contribution in [3.05, 3.63) is 65.3 Å². The molecule has 1 fully saturated rings. The zero-order valence-electron chi connectivity index (χ0n) is 13.9. The summed E-state index contributed by atoms with van der Waals surface area (Å²) in [5.74, 6) is 0.306. The average Bonchev–Trinajstić information content (AvgIpc) is 2.64. The Bertz CT molecular complexity index is 874. The number of benzene rings is 2. The second-order valence-electron chi connectivity index (χ2n) is 6.41. The molecule has 4 rings (SSSR count). The minimum absolute atomic E-state index is 0.306. The van der Waals surface area contributed by atoms with Crippen molar-refractivity contribution in [3.8, 4) is 5.75 Å². The van der Waals surface area contributed by atoms with Gasteiger partial charge in [0.05, 0.1) is 5.52 Å². The van der Waals surface area contributed by atoms with Crippen molar-refractivity contribution in [1.82, 2.24) is 9.88 Å². The zero-order chi connectivity index (χ0) is 17.2. The lowest BCUT2D eigenvalue weighted by Crippen LogP contribution is -2.46. The average molecular weight is 354 g/mol. The number of nitrogens with zero attached hydrogens (tertiary/aromatic N) is 3. The number of hydrogen-bond donors (Lipinski definition) is 1. The summed E-state index contributed by atoms with van der Waals surface area (Å²) in [5, 5.41) is 11.1. The van der Waals surface area contributed by atoms with Crippen LogP contribution >= 0.6 is 11.6 Å². The second-order valence-corrected chi connectivity index (χ2v) is 6.77. The van der Waals surface area contributed by atoms with E-state index in [1.165, 1.54) is 0 Å². The van der Waals surface area contributed by atoms with Crippen LogP contribution in [0.5, 0.6) is 5.75 Å². The van der Waals surface area contributed by atoms with Crippen molar-refractivity contribution in [1.29, 1.82) is 0 Å². The van der Waals surface area contributed by atoms with Crippen LogP contribution in [-0.4, -0.2) is 41.2 Å². The van der Waals surface area contributed by atoms with Crippen LogP contribution in [0.25, 0.3) is 10.9 Å². The molecule has 1 aliphatic rings. The quantitative estimate of drug-likeness (QED) is 0.724. The van der Waals surface area contributed by atoms with Crippen LogP contribution in [0.2, 0.25) is 5.15 Å². The Hall–Kier alpha value is -2.30. The van der Waals surface area contributed by atoms with Crippen molar-refractivity contribution in [2.24, 2.45) is 0 Å². The topological polar surface area (TPSA) is 39.6 Å². The van der Waals surface area contributed by atoms with E-state index in [9.17, 15) is 5.11 Å². The Kier molecular flexibility index (Phi) is 4.47. The number of anilines is 1. The predicted molar refractivity (Wildman–Crippen MR) is 102 cm³/mol. The minimum atomic E-state index is 0.306. The monoisotopic (exact) mass is 353 g/mol. The molecule has 1 saturated heterocycles. The highest BCUT2D eigenvalue weighted by Gasteiger charge is 2.18. The number of phenols is 1. The van der Waals surface area contributed by atoms with E-state index in [1.807, 2.05) is 30.3 Å². The van der Waals surface area contributed by atoms with Gasteiger partial charge in [-0.2, -0.15) is 0 Å². The molecule has 0 spiro atoms. The molecule has 1 aliphatic heterocycles. The number of fused-ring (bicyclic) bond motifs is 1. The third-order valence-electron chi connectivity index (χ3n) is 4.73. The molecule has 0 aliphatic carbocycles. The number of aromatic hydroxyl groups is 1. The van der Waals surface area contributed by atoms with Crippen LogP contribution in [0.4, 0.5) is 5.69 Å². The van der Waals surface area contributed by atoms with Crippen molar-refractivity contribution < 1.29 is 5.11 Å². The molecular formula is C20H20ClN3O. The molecule has 1 aromatic heterocycles. The summed E-state index contributed by atoms with van der Waals surface area (Å²) in [7, 11) is 0. The molecule has 0 radical (unpaired) electrons. The molecule has 0 amide bonds. The highest BCUT2D eigenvalue weighted by atomic mass is 35.5. The van der Waals surface area contributed by atoms with E-state index in [1.54, 1.807) is 12.1 Å². The fraction of sp³-hybridized carbons (Fsp3) is 0.250. The first-order valence-corrected chi connectivity index (χ1v) is 8.87. The molecule has 0 bridgehead atoms. The largest absolute Gasteiger partial charge is 0.508 e. The maximum atomic E-state index is 9.42. The minimum Gasteiger partial charge on any atom is -0.508 e. The third kappa shape index (κ3) is 3.55. The van der Waals surface area contributed by atoms with Gasteiger partial charge in [-0.25, -0.2) is 4.98 Å². The normalized spacial score (nSPS) is 15.6. The molecule has 128 valence electrons. The predicted octanol–water partition coefficient (Wildman–Crippen LogP) is 3.92. The molecule has 1 N–H and O–H groups in total. The summed E-state index contributed by atoms with van der Waals surface area (Å²) in [6.45, 7) is 4.70. The van der Waals surface area contributed by atoms with Gasteiger partial charge in [-0.05, 0) is 36.4 Å². The highest BCUT2D eigenvalue weighted by molar-refractivity contribution is 6.30. The van der Waals surface area contributed by atoms with E-state index >= 15 is 0 Å². The number of phenolic OH excluding ortho intramolecular Hbond substituents is 1. The lowest BCUT2D eigenvalue weighted by molar-refractivity contribution is 0.250. The molecule has 0 atom stereocenters. The van der Waals surface area contributed by atoms with Crippen LogP contribution in [-0.2, 0) is 6.54 Å². The lowest BCUT2D eigenvalue weighted by Gasteiger charge is -2.36. The van der Waals surface area contributed by atoms with Crippen LogP contribution in [0.3, 0.4) is 0 Å². The molecule has 3 aromatic rings. The van der Waals surface area contributed by atoms with Gasteiger partial charge in [0.1, 0.15) is 10.9 Å². The van der Waals surface area contributed by atoms with Crippen molar-refractivity contribution in [2.75, 3.05) is 31.1 Å². The summed E-state index contributed by atoms with van der Waals surface area (Å²) in [4.78, 5) is 9.27. The molecule has 2 aromatic carbocycles. The number of piperazine rings is 1. The van der Waals surface area contributed by atoms with Crippen molar-refractivity contribution in [2.45, 2.75) is 6.54 Å². The van der Waals surface area contributed by atoms with Gasteiger partial charge in [-0.15, -0.1) is 0 Å². The lowest BCUT2D eigenvalue weighted by atomic mass is 10.1. The highest BCUT2D eigenvalue weighted by Crippen LogP contribution is 2.24. The fourth-order valence-electron chi connectivity index (χ4n) is 3.32. The molecule has 5 heteroatoms. The van der Waals surface area contributed by atoms with Crippen molar-refractivity contribution in [3.63, 3.8) is 0 Å². The van der Waals surface area contributed by atoms with Crippen molar-refractivity contribution >= 4 is 28.2 Å². The Morgan fingerprint density at radius 2 is 1.68 bits per heavy atom. The van der Waals surface area contributed by atoms with E-state index in [2.05, 4.69) is 26.9 Å². The number of halogens is 1. The standard InChI is InChI=1S/C20H20ClN3O/c21-20-16(13-15-3-1-2-4-19(15)22-20)14-23-9-11-24(12-10-23)17-5-7-18(25)8-6-17/h1-8,13,25H,9-12,14H2. The Morgan fingerprint density at radius 1 is 0.960 bits per heavy atom. The second kappa shape index (κ2) is 6.90. The molecule has 4 nitrogen and oxygen atoms in total. The summed E-state index contributed by atoms with van der Waals surface area (Å²) in [6, 6.07) is 17.6. The number of aromatic nitrogens is 1. The van der Waals surface area contributed by atoms with Gasteiger partial charge in [0.25, 0.3) is 0 Å². The van der Waals surface area contributed by atoms with E-state index in [0.717, 1.165) is 54.9 Å². The van der Waals surface area contributed by atoms with Crippen LogP contribution in [0.1, 0.15) is 5.56 Å². The van der Waals surface area contributed by atoms with Gasteiger partial charge in [0.2, 0.25) is 0 Å². The number of pyridine rings is 1. The van der Waals surface area contributed by atoms with Crippen LogP contribution in [0, 0.1) is 0 Å². The summed E-state index contributed by atoms with van der Waals surface area (Å²) in [6.07, 6.45) is 0. The van der Waals surface area contributed by atoms with E-state index in [0.29, 0.717) is 10.9 Å². The summed E-state index contributed by atoms with van der Waals surface area (Å²) in [5.41, 5.74) is 3.18. The van der Waals surface area contributed by atoms with Crippen LogP contribution < -0.4 is 4.90 Å². The first-order valence-electron chi connectivity index (χ1n) is 8.49. The molecule has 0 unspecified atom stereocenters. The number of rotatable bonds is 3. The van der Waals surface area contributed by atoms with Gasteiger partial charge in [-0.1, -0.05) is 29.8 Å². The van der Waals surface area contributed by atoms with E-state index in [4.69, 9.17) is 11.6 Å². The number of para-hydroxylation sites is 1. The third-order valence-corrected chi connectivity index (χ3v) is 5.06. The summed E-state index contributed by atoms with van der Waals surface area (Å²) >= 11 is 6.39. The number of hydrogen-bond acceptors (Lipinski definition) is 4. The first kappa shape index (κ1) is 16.2.